The van der Waals surface area contributed by atoms with Crippen LogP contribution in [0.1, 0.15) is 12.6 Å². The summed E-state index contributed by atoms with van der Waals surface area (Å²) in [7, 11) is 0. The summed E-state index contributed by atoms with van der Waals surface area (Å²) in [6.07, 6.45) is 3.31. The highest BCUT2D eigenvalue weighted by Gasteiger charge is 2.54. The molecule has 4 rings (SSSR count). The Bertz CT molecular complexity index is 1320. The van der Waals surface area contributed by atoms with Crippen molar-refractivity contribution in [1.82, 2.24) is 20.2 Å². The first-order valence-electron chi connectivity index (χ1n) is 11.4. The van der Waals surface area contributed by atoms with E-state index in [0.717, 1.165) is 21.1 Å². The largest absolute Gasteiger partial charge is 0.477 e. The van der Waals surface area contributed by atoms with Gasteiger partial charge in [-0.1, -0.05) is 16.9 Å². The monoisotopic (exact) mass is 613 g/mol. The lowest BCUT2D eigenvalue weighted by molar-refractivity contribution is -0.150. The average molecular weight is 614 g/mol. The second-order valence-corrected chi connectivity index (χ2v) is 12.4. The quantitative estimate of drug-likeness (QED) is 0.0895. The molecule has 0 saturated carbocycles. The number of aliphatic carboxylic acids is 1. The Hall–Kier alpha value is -2.86. The number of carbonyl (C=O) groups excluding carboxylic acids is 2. The molecule has 1 unspecified atom stereocenters. The summed E-state index contributed by atoms with van der Waals surface area (Å²) in [6, 6.07) is 0.742. The zero-order valence-electron chi connectivity index (χ0n) is 20.4. The number of nitrogens with one attached hydrogen (secondary N) is 1. The number of nitrogens with two attached hydrogens (primary N) is 2. The number of carboxylic acid groups (broad SMARTS) is 1. The van der Waals surface area contributed by atoms with E-state index in [-0.39, 0.29) is 34.9 Å². The normalized spacial score (nSPS) is 19.8. The summed E-state index contributed by atoms with van der Waals surface area (Å²) in [5, 5.41) is 17.3. The van der Waals surface area contributed by atoms with Crippen molar-refractivity contribution in [2.24, 2.45) is 10.9 Å². The van der Waals surface area contributed by atoms with Crippen LogP contribution in [0.5, 0.6) is 0 Å². The third-order valence-electron chi connectivity index (χ3n) is 5.21. The molecule has 0 aliphatic carbocycles. The number of nitrogens with zero attached hydrogens (tertiary/aromatic N) is 4. The minimum atomic E-state index is -1.25. The fourth-order valence-electron chi connectivity index (χ4n) is 3.54. The Morgan fingerprint density at radius 2 is 2.23 bits per heavy atom. The highest BCUT2D eigenvalue weighted by molar-refractivity contribution is 8.07. The van der Waals surface area contributed by atoms with Crippen molar-refractivity contribution in [3.63, 3.8) is 0 Å². The van der Waals surface area contributed by atoms with E-state index in [4.69, 9.17) is 16.3 Å². The van der Waals surface area contributed by atoms with Crippen molar-refractivity contribution >= 4 is 75.2 Å². The number of β-lactam (4-membered cyclic amide) rings is 1. The van der Waals surface area contributed by atoms with Gasteiger partial charge in [-0.05, 0) is 13.0 Å². The molecule has 2 amide bonds. The number of carbonyl (C=O) groups is 3. The van der Waals surface area contributed by atoms with Gasteiger partial charge in [-0.2, -0.15) is 0 Å². The Morgan fingerprint density at radius 1 is 1.44 bits per heavy atom. The third kappa shape index (κ3) is 6.66. The number of amides is 2. The van der Waals surface area contributed by atoms with Gasteiger partial charge in [0.1, 0.15) is 36.1 Å². The van der Waals surface area contributed by atoms with Gasteiger partial charge < -0.3 is 26.7 Å². The summed E-state index contributed by atoms with van der Waals surface area (Å²) in [4.78, 5) is 54.7. The predicted octanol–water partition coefficient (Wildman–Crippen LogP) is 1.74. The van der Waals surface area contributed by atoms with E-state index in [1.54, 1.807) is 18.5 Å². The molecule has 12 nitrogen and oxygen atoms in total. The smallest absolute Gasteiger partial charge is 0.353 e. The number of pyridine rings is 1. The molecule has 0 radical (unpaired) electrons. The van der Waals surface area contributed by atoms with Gasteiger partial charge in [-0.3, -0.25) is 19.5 Å². The molecule has 3 atom stereocenters. The zero-order chi connectivity index (χ0) is 28.1. The van der Waals surface area contributed by atoms with Crippen molar-refractivity contribution in [1.29, 1.82) is 0 Å². The van der Waals surface area contributed by atoms with Gasteiger partial charge >= 0.3 is 5.97 Å². The SMILES string of the molecule is CC(N)CSc1cnccc1SC1=C(C(=O)O)N2C(=O)[C@@H](NC(=O)/C(=N\OCCF)c3csc(N)n3)[C@H]2SC1. The topological polar surface area (TPSA) is 186 Å². The van der Waals surface area contributed by atoms with Gasteiger partial charge in [0.25, 0.3) is 11.8 Å². The number of rotatable bonds is 12. The van der Waals surface area contributed by atoms with Gasteiger partial charge in [-0.25, -0.2) is 14.2 Å². The van der Waals surface area contributed by atoms with Crippen LogP contribution in [-0.4, -0.2) is 85.7 Å². The number of hydrogen-bond donors (Lipinski definition) is 4. The van der Waals surface area contributed by atoms with Crippen LogP contribution in [0, 0.1) is 0 Å². The molecule has 2 aromatic heterocycles. The van der Waals surface area contributed by atoms with Crippen LogP contribution in [-0.2, 0) is 19.2 Å². The summed E-state index contributed by atoms with van der Waals surface area (Å²) in [6.45, 7) is 0.701. The van der Waals surface area contributed by atoms with Gasteiger partial charge in [0.15, 0.2) is 10.8 Å². The van der Waals surface area contributed by atoms with Gasteiger partial charge in [0, 0.05) is 50.0 Å². The highest BCUT2D eigenvalue weighted by atomic mass is 32.2. The van der Waals surface area contributed by atoms with E-state index < -0.39 is 35.9 Å². The van der Waals surface area contributed by atoms with E-state index in [0.29, 0.717) is 16.4 Å². The van der Waals surface area contributed by atoms with E-state index in [2.05, 4.69) is 20.4 Å². The molecule has 4 heterocycles. The molecule has 0 aromatic carbocycles. The van der Waals surface area contributed by atoms with Crippen molar-refractivity contribution in [2.45, 2.75) is 34.2 Å². The molecule has 208 valence electrons. The summed E-state index contributed by atoms with van der Waals surface area (Å²) < 4.78 is 12.5. The Kier molecular flexibility index (Phi) is 9.71. The van der Waals surface area contributed by atoms with Crippen molar-refractivity contribution < 1.29 is 28.7 Å². The van der Waals surface area contributed by atoms with Crippen LogP contribution in [0.3, 0.4) is 0 Å². The molecule has 1 fully saturated rings. The lowest BCUT2D eigenvalue weighted by atomic mass is 10.0. The molecule has 39 heavy (non-hydrogen) atoms. The molecule has 2 aliphatic heterocycles. The van der Waals surface area contributed by atoms with Crippen LogP contribution in [0.25, 0.3) is 0 Å². The van der Waals surface area contributed by atoms with Crippen LogP contribution < -0.4 is 16.8 Å². The van der Waals surface area contributed by atoms with Crippen molar-refractivity contribution in [2.75, 3.05) is 30.5 Å². The van der Waals surface area contributed by atoms with Crippen LogP contribution >= 0.6 is 46.6 Å². The number of anilines is 1. The van der Waals surface area contributed by atoms with E-state index >= 15 is 0 Å². The second kappa shape index (κ2) is 13.0. The lowest BCUT2D eigenvalue weighted by Gasteiger charge is -2.49. The number of oxime groups is 1. The number of aromatic nitrogens is 2. The zero-order valence-corrected chi connectivity index (χ0v) is 23.7. The maximum absolute atomic E-state index is 13.1. The van der Waals surface area contributed by atoms with Crippen molar-refractivity contribution in [3.05, 3.63) is 40.1 Å². The molecule has 2 aromatic rings. The molecule has 0 bridgehead atoms. The number of thiazole rings is 1. The van der Waals surface area contributed by atoms with E-state index in [1.807, 2.05) is 6.92 Å². The predicted molar refractivity (Wildman–Crippen MR) is 149 cm³/mol. The summed E-state index contributed by atoms with van der Waals surface area (Å²) in [5.74, 6) is -1.66. The third-order valence-corrected chi connectivity index (χ3v) is 9.96. The average Bonchev–Trinajstić information content (AvgIpc) is 3.34. The number of thioether (sulfide) groups is 3. The fourth-order valence-corrected chi connectivity index (χ4v) is 7.64. The van der Waals surface area contributed by atoms with E-state index in [9.17, 15) is 23.9 Å². The standard InChI is InChI=1S/C22H24FN7O5S4/c1-10(24)7-36-13-6-26-4-2-12(13)39-14-9-37-20-16(19(32)30(20)17(14)21(33)34)28-18(31)15(29-35-5-3-23)11-8-38-22(25)27-11/h2,4,6,8,10,16,20H,3,5,7,9,24H2,1H3,(H2,25,27)(H,28,31)(H,33,34)/b29-15-/t10?,16-,20-/m1/s1. The molecular formula is C22H24FN7O5S4. The maximum Gasteiger partial charge on any atom is 0.353 e. The summed E-state index contributed by atoms with van der Waals surface area (Å²) >= 11 is 5.17. The van der Waals surface area contributed by atoms with Gasteiger partial charge in [-0.15, -0.1) is 34.9 Å². The number of carboxylic acids is 1. The molecule has 17 heteroatoms. The Balaban J connectivity index is 1.52. The second-order valence-electron chi connectivity index (χ2n) is 8.18. The lowest BCUT2D eigenvalue weighted by Crippen LogP contribution is -2.71. The first kappa shape index (κ1) is 29.1. The van der Waals surface area contributed by atoms with Crippen molar-refractivity contribution in [3.8, 4) is 0 Å². The minimum Gasteiger partial charge on any atom is -0.477 e. The fraction of sp³-hybridized carbons (Fsp3) is 0.364. The first-order valence-corrected chi connectivity index (χ1v) is 15.1. The summed E-state index contributed by atoms with van der Waals surface area (Å²) in [5.41, 5.74) is 11.2. The van der Waals surface area contributed by atoms with Crippen LogP contribution in [0.15, 0.2) is 49.4 Å². The number of fused-ring (bicyclic) bond motifs is 1. The molecule has 0 spiro atoms. The number of nitrogen functional groups attached to an aromatic ring is 1. The van der Waals surface area contributed by atoms with Gasteiger partial charge in [0.2, 0.25) is 0 Å². The van der Waals surface area contributed by atoms with Crippen LogP contribution in [0.4, 0.5) is 9.52 Å². The minimum absolute atomic E-state index is 0.0348. The highest BCUT2D eigenvalue weighted by Crippen LogP contribution is 2.46. The molecule has 6 N–H and O–H groups in total. The number of halogens is 1. The molecule has 2 aliphatic rings. The molecular weight excluding hydrogens is 590 g/mol. The van der Waals surface area contributed by atoms with Crippen LogP contribution in [0.2, 0.25) is 0 Å². The van der Waals surface area contributed by atoms with Gasteiger partial charge in [0.05, 0.1) is 0 Å². The Morgan fingerprint density at radius 3 is 2.90 bits per heavy atom. The van der Waals surface area contributed by atoms with E-state index in [1.165, 1.54) is 45.6 Å². The molecule has 1 saturated heterocycles. The maximum atomic E-state index is 13.1. The number of hydrogen-bond acceptors (Lipinski definition) is 13. The number of alkyl halides is 1. The Labute approximate surface area is 239 Å². The first-order chi connectivity index (χ1) is 18.7.